The van der Waals surface area contributed by atoms with Gasteiger partial charge in [-0.3, -0.25) is 9.59 Å². The number of hydrogen-bond acceptors (Lipinski definition) is 4. The third-order valence-corrected chi connectivity index (χ3v) is 3.82. The van der Waals surface area contributed by atoms with Crippen molar-refractivity contribution in [1.82, 2.24) is 0 Å². The molecule has 0 radical (unpaired) electrons. The number of rotatable bonds is 15. The smallest absolute Gasteiger partial charge is 0.306 e. The molecule has 5 nitrogen and oxygen atoms in total. The summed E-state index contributed by atoms with van der Waals surface area (Å²) in [6.45, 7) is 3.83. The molecule has 0 heterocycles. The molecule has 0 aromatic rings. The van der Waals surface area contributed by atoms with Gasteiger partial charge in [-0.1, -0.05) is 51.9 Å². The zero-order valence-electron chi connectivity index (χ0n) is 16.3. The number of nitrogens with zero attached hydrogens (tertiary/aromatic N) is 1. The first-order valence-corrected chi connectivity index (χ1v) is 9.47. The molecule has 0 atom stereocenters. The Morgan fingerprint density at radius 1 is 0.708 bits per heavy atom. The number of ether oxygens (including phenoxy) is 2. The predicted molar refractivity (Wildman–Crippen MR) is 96.7 cm³/mol. The quantitative estimate of drug-likeness (QED) is 0.258. The molecule has 5 heteroatoms. The van der Waals surface area contributed by atoms with Gasteiger partial charge in [0.25, 0.3) is 0 Å². The van der Waals surface area contributed by atoms with Crippen LogP contribution in [0.2, 0.25) is 0 Å². The number of unbranched alkanes of at least 4 members (excludes halogenated alkanes) is 7. The van der Waals surface area contributed by atoms with Gasteiger partial charge >= 0.3 is 11.9 Å². The van der Waals surface area contributed by atoms with Crippen LogP contribution < -0.4 is 0 Å². The molecule has 0 rings (SSSR count). The van der Waals surface area contributed by atoms with Crippen molar-refractivity contribution in [2.24, 2.45) is 0 Å². The second kappa shape index (κ2) is 14.3. The summed E-state index contributed by atoms with van der Waals surface area (Å²) in [6.07, 6.45) is 9.95. The van der Waals surface area contributed by atoms with Crippen molar-refractivity contribution in [2.45, 2.75) is 71.1 Å². The number of carbonyl (C=O) groups is 2. The molecule has 0 amide bonds. The van der Waals surface area contributed by atoms with E-state index >= 15 is 0 Å². The van der Waals surface area contributed by atoms with Gasteiger partial charge in [-0.05, 0) is 6.42 Å². The fourth-order valence-electron chi connectivity index (χ4n) is 2.20. The first kappa shape index (κ1) is 22.9. The molecule has 0 aromatic heterocycles. The third kappa shape index (κ3) is 17.3. The fraction of sp³-hybridized carbons (Fsp3) is 0.895. The lowest BCUT2D eigenvalue weighted by atomic mass is 10.1. The van der Waals surface area contributed by atoms with Gasteiger partial charge in [-0.2, -0.15) is 0 Å². The molecule has 0 bridgehead atoms. The second-order valence-corrected chi connectivity index (χ2v) is 7.43. The molecule has 0 N–H and O–H groups in total. The monoisotopic (exact) mass is 344 g/mol. The van der Waals surface area contributed by atoms with Gasteiger partial charge in [-0.15, -0.1) is 0 Å². The number of esters is 2. The van der Waals surface area contributed by atoms with Gasteiger partial charge in [0.2, 0.25) is 0 Å². The Balaban J connectivity index is 3.42. The molecular weight excluding hydrogens is 306 g/mol. The molecule has 0 spiro atoms. The highest BCUT2D eigenvalue weighted by atomic mass is 16.5. The molecule has 0 saturated heterocycles. The summed E-state index contributed by atoms with van der Waals surface area (Å²) in [5.74, 6) is -0.631. The Morgan fingerprint density at radius 2 is 1.17 bits per heavy atom. The molecule has 0 aliphatic heterocycles. The Morgan fingerprint density at radius 3 is 1.67 bits per heavy atom. The maximum Gasteiger partial charge on any atom is 0.306 e. The van der Waals surface area contributed by atoms with Crippen LogP contribution in [-0.2, 0) is 19.1 Å². The lowest BCUT2D eigenvalue weighted by molar-refractivity contribution is -0.870. The average molecular weight is 345 g/mol. The van der Waals surface area contributed by atoms with Crippen LogP contribution in [0.25, 0.3) is 0 Å². The predicted octanol–water partition coefficient (Wildman–Crippen LogP) is 3.70. The van der Waals surface area contributed by atoms with Gasteiger partial charge in [0.1, 0.15) is 13.2 Å². The van der Waals surface area contributed by atoms with E-state index < -0.39 is 0 Å². The van der Waals surface area contributed by atoms with Crippen molar-refractivity contribution in [3.63, 3.8) is 0 Å². The highest BCUT2D eigenvalue weighted by Crippen LogP contribution is 2.08. The van der Waals surface area contributed by atoms with Crippen LogP contribution in [0.3, 0.4) is 0 Å². The van der Waals surface area contributed by atoms with E-state index in [4.69, 9.17) is 9.47 Å². The lowest BCUT2D eigenvalue weighted by Crippen LogP contribution is -2.38. The third-order valence-electron chi connectivity index (χ3n) is 3.82. The minimum Gasteiger partial charge on any atom is -0.466 e. The van der Waals surface area contributed by atoms with E-state index in [1.807, 2.05) is 21.1 Å². The van der Waals surface area contributed by atoms with Crippen LogP contribution >= 0.6 is 0 Å². The molecule has 0 aliphatic rings. The Kier molecular flexibility index (Phi) is 13.6. The second-order valence-electron chi connectivity index (χ2n) is 7.43. The topological polar surface area (TPSA) is 52.6 Å². The summed E-state index contributed by atoms with van der Waals surface area (Å²) in [4.78, 5) is 23.1. The fourth-order valence-corrected chi connectivity index (χ4v) is 2.20. The molecule has 0 aliphatic carbocycles. The van der Waals surface area contributed by atoms with Gasteiger partial charge < -0.3 is 14.0 Å². The molecular formula is C19H38NO4+. The first-order chi connectivity index (χ1) is 11.3. The molecule has 0 saturated carbocycles. The van der Waals surface area contributed by atoms with Crippen LogP contribution in [-0.4, -0.2) is 57.3 Å². The Bertz CT molecular complexity index is 337. The van der Waals surface area contributed by atoms with Crippen LogP contribution in [0, 0.1) is 0 Å². The van der Waals surface area contributed by atoms with Gasteiger partial charge in [-0.25, -0.2) is 0 Å². The minimum absolute atomic E-state index is 0.105. The van der Waals surface area contributed by atoms with Crippen LogP contribution in [0.4, 0.5) is 0 Å². The average Bonchev–Trinajstić information content (AvgIpc) is 2.50. The van der Waals surface area contributed by atoms with Crippen molar-refractivity contribution >= 4 is 11.9 Å². The molecule has 24 heavy (non-hydrogen) atoms. The van der Waals surface area contributed by atoms with E-state index in [-0.39, 0.29) is 24.8 Å². The Hall–Kier alpha value is -1.10. The minimum atomic E-state index is -0.326. The van der Waals surface area contributed by atoms with Crippen molar-refractivity contribution in [3.8, 4) is 0 Å². The van der Waals surface area contributed by atoms with Crippen LogP contribution in [0.5, 0.6) is 0 Å². The molecule has 0 aromatic carbocycles. The zero-order chi connectivity index (χ0) is 18.3. The summed E-state index contributed by atoms with van der Waals surface area (Å²) in [6, 6.07) is 0. The van der Waals surface area contributed by atoms with Gasteiger partial charge in [0, 0.05) is 0 Å². The van der Waals surface area contributed by atoms with Crippen molar-refractivity contribution in [1.29, 1.82) is 0 Å². The molecule has 142 valence electrons. The summed E-state index contributed by atoms with van der Waals surface area (Å²) >= 11 is 0. The summed E-state index contributed by atoms with van der Waals surface area (Å²) in [7, 11) is 6.11. The highest BCUT2D eigenvalue weighted by Gasteiger charge is 2.11. The Labute approximate surface area is 148 Å². The van der Waals surface area contributed by atoms with E-state index in [0.717, 1.165) is 23.9 Å². The van der Waals surface area contributed by atoms with E-state index in [1.54, 1.807) is 0 Å². The van der Waals surface area contributed by atoms with Crippen LogP contribution in [0.15, 0.2) is 0 Å². The summed E-state index contributed by atoms with van der Waals surface area (Å²) in [5, 5.41) is 0. The highest BCUT2D eigenvalue weighted by molar-refractivity contribution is 5.77. The summed E-state index contributed by atoms with van der Waals surface area (Å²) in [5.41, 5.74) is 0. The maximum absolute atomic E-state index is 11.6. The molecule has 0 fully saturated rings. The number of likely N-dealkylation sites (N-methyl/N-ethyl adjacent to an activating group) is 1. The SMILES string of the molecule is CCCCCCCCCCOC(=O)CCC(=O)OCC[N+](C)(C)C. The molecule has 0 unspecified atom stereocenters. The lowest BCUT2D eigenvalue weighted by Gasteiger charge is -2.23. The van der Waals surface area contributed by atoms with E-state index in [2.05, 4.69) is 6.92 Å². The van der Waals surface area contributed by atoms with Crippen molar-refractivity contribution in [3.05, 3.63) is 0 Å². The zero-order valence-corrected chi connectivity index (χ0v) is 16.3. The normalized spacial score (nSPS) is 11.3. The number of carbonyl (C=O) groups excluding carboxylic acids is 2. The van der Waals surface area contributed by atoms with E-state index in [1.165, 1.54) is 38.5 Å². The van der Waals surface area contributed by atoms with E-state index in [9.17, 15) is 9.59 Å². The summed E-state index contributed by atoms with van der Waals surface area (Å²) < 4.78 is 11.0. The number of hydrogen-bond donors (Lipinski definition) is 0. The standard InChI is InChI=1S/C19H38NO4/c1-5-6-7-8-9-10-11-12-16-23-18(21)13-14-19(22)24-17-15-20(2,3)4/h5-17H2,1-4H3/q+1. The van der Waals surface area contributed by atoms with Crippen molar-refractivity contribution in [2.75, 3.05) is 40.9 Å². The maximum atomic E-state index is 11.6. The van der Waals surface area contributed by atoms with Gasteiger partial charge in [0.05, 0.1) is 40.6 Å². The largest absolute Gasteiger partial charge is 0.466 e. The van der Waals surface area contributed by atoms with Gasteiger partial charge in [0.15, 0.2) is 0 Å². The first-order valence-electron chi connectivity index (χ1n) is 9.47. The van der Waals surface area contributed by atoms with E-state index in [0.29, 0.717) is 13.2 Å². The van der Waals surface area contributed by atoms with Crippen molar-refractivity contribution < 1.29 is 23.5 Å². The van der Waals surface area contributed by atoms with Crippen LogP contribution in [0.1, 0.15) is 71.1 Å². The number of quaternary nitrogens is 1.